The Morgan fingerprint density at radius 1 is 1.32 bits per heavy atom. The normalized spacial score (nSPS) is 15.6. The van der Waals surface area contributed by atoms with E-state index in [4.69, 9.17) is 0 Å². The van der Waals surface area contributed by atoms with Gasteiger partial charge in [-0.25, -0.2) is 0 Å². The summed E-state index contributed by atoms with van der Waals surface area (Å²) in [7, 11) is 2.06. The summed E-state index contributed by atoms with van der Waals surface area (Å²) in [4.78, 5) is 16.1. The summed E-state index contributed by atoms with van der Waals surface area (Å²) in [5.74, 6) is 0.129. The fourth-order valence-corrected chi connectivity index (χ4v) is 1.96. The lowest BCUT2D eigenvalue weighted by atomic mass is 10.2. The van der Waals surface area contributed by atoms with E-state index >= 15 is 0 Å². The van der Waals surface area contributed by atoms with Crippen LogP contribution in [0.4, 0.5) is 0 Å². The number of rotatable bonds is 2. The number of carbonyl (C=O) groups is 1. The lowest BCUT2D eigenvalue weighted by Crippen LogP contribution is -2.47. The predicted molar refractivity (Wildman–Crippen MR) is 73.0 cm³/mol. The Bertz CT molecular complexity index is 401. The van der Waals surface area contributed by atoms with Crippen LogP contribution in [0.1, 0.15) is 19.4 Å². The van der Waals surface area contributed by atoms with Gasteiger partial charge in [-0.15, -0.1) is 0 Å². The summed E-state index contributed by atoms with van der Waals surface area (Å²) in [6.45, 7) is 7.45. The molecular weight excluding hydrogens is 242 g/mol. The molecule has 0 bridgehead atoms. The van der Waals surface area contributed by atoms with Crippen molar-refractivity contribution >= 4 is 5.91 Å². The Morgan fingerprint density at radius 3 is 2.53 bits per heavy atom. The van der Waals surface area contributed by atoms with Crippen molar-refractivity contribution in [2.24, 2.45) is 0 Å². The molecule has 1 saturated heterocycles. The van der Waals surface area contributed by atoms with Crippen LogP contribution in [0.3, 0.4) is 0 Å². The minimum absolute atomic E-state index is 0.129. The molecule has 0 aliphatic carbocycles. The van der Waals surface area contributed by atoms with Gasteiger partial charge in [0.2, 0.25) is 18.3 Å². The smallest absolute Gasteiger partial charge is 0.227 e. The van der Waals surface area contributed by atoms with Gasteiger partial charge in [0.05, 0.1) is 6.42 Å². The van der Waals surface area contributed by atoms with Crippen LogP contribution >= 0.6 is 0 Å². The van der Waals surface area contributed by atoms with E-state index < -0.39 is 0 Å². The number of piperazine rings is 1. The molecule has 106 valence electrons. The van der Waals surface area contributed by atoms with E-state index in [1.54, 1.807) is 12.3 Å². The Kier molecular flexibility index (Phi) is 6.29. The molecule has 1 aliphatic rings. The van der Waals surface area contributed by atoms with Gasteiger partial charge in [-0.05, 0) is 13.1 Å². The second-order valence-corrected chi connectivity index (χ2v) is 4.45. The molecule has 1 fully saturated rings. The van der Waals surface area contributed by atoms with E-state index in [2.05, 4.69) is 11.9 Å². The van der Waals surface area contributed by atoms with Crippen molar-refractivity contribution in [3.8, 4) is 0 Å². The molecule has 1 aromatic rings. The molecule has 2 rings (SSSR count). The highest BCUT2D eigenvalue weighted by Gasteiger charge is 2.19. The number of nitrogens with zero attached hydrogens (tertiary/aromatic N) is 3. The third-order valence-corrected chi connectivity index (χ3v) is 3.06. The Morgan fingerprint density at radius 2 is 1.95 bits per heavy atom. The van der Waals surface area contributed by atoms with Crippen LogP contribution in [-0.4, -0.2) is 54.1 Å². The number of amides is 1. The first-order valence-corrected chi connectivity index (χ1v) is 6.81. The fraction of sp³-hybridized carbons (Fsp3) is 0.571. The van der Waals surface area contributed by atoms with Crippen LogP contribution in [0.15, 0.2) is 24.5 Å². The number of hydrogen-bond acceptors (Lipinski definition) is 3. The largest absolute Gasteiger partial charge is 0.340 e. The summed E-state index contributed by atoms with van der Waals surface area (Å²) in [6, 6.07) is 3.58. The zero-order valence-electron chi connectivity index (χ0n) is 12.0. The maximum absolute atomic E-state index is 12.0. The first-order chi connectivity index (χ1) is 9.15. The quantitative estimate of drug-likeness (QED) is 0.628. The third kappa shape index (κ3) is 4.87. The first-order valence-electron chi connectivity index (χ1n) is 6.81. The van der Waals surface area contributed by atoms with Crippen molar-refractivity contribution < 1.29 is 14.7 Å². The molecule has 2 heterocycles. The number of pyridine rings is 1. The highest BCUT2D eigenvalue weighted by molar-refractivity contribution is 5.78. The van der Waals surface area contributed by atoms with Crippen LogP contribution in [-0.2, 0) is 11.2 Å². The van der Waals surface area contributed by atoms with E-state index in [0.717, 1.165) is 36.5 Å². The minimum atomic E-state index is 0.129. The average molecular weight is 266 g/mol. The van der Waals surface area contributed by atoms with Gasteiger partial charge in [-0.1, -0.05) is 13.8 Å². The lowest BCUT2D eigenvalue weighted by Gasteiger charge is -2.32. The SMILES string of the molecule is CC.CN1CCN(C(=O)Cc2ccc[n+](O)c2)CC1. The van der Waals surface area contributed by atoms with Gasteiger partial charge < -0.3 is 9.80 Å². The van der Waals surface area contributed by atoms with Gasteiger partial charge in [0, 0.05) is 42.5 Å². The number of carbonyl (C=O) groups excluding carboxylic acids is 1. The summed E-state index contributed by atoms with van der Waals surface area (Å²) in [5, 5.41) is 9.26. The van der Waals surface area contributed by atoms with Crippen LogP contribution in [0.5, 0.6) is 0 Å². The molecular formula is C14H24N3O2+. The van der Waals surface area contributed by atoms with Crippen molar-refractivity contribution in [2.75, 3.05) is 33.2 Å². The van der Waals surface area contributed by atoms with Gasteiger partial charge in [0.1, 0.15) is 0 Å². The molecule has 5 heteroatoms. The maximum atomic E-state index is 12.0. The van der Waals surface area contributed by atoms with Gasteiger partial charge in [-0.3, -0.25) is 10.0 Å². The highest BCUT2D eigenvalue weighted by Crippen LogP contribution is 2.04. The highest BCUT2D eigenvalue weighted by atomic mass is 16.5. The summed E-state index contributed by atoms with van der Waals surface area (Å²) in [6.07, 6.45) is 3.45. The molecule has 0 atom stereocenters. The van der Waals surface area contributed by atoms with E-state index in [1.165, 1.54) is 6.20 Å². The topological polar surface area (TPSA) is 47.7 Å². The summed E-state index contributed by atoms with van der Waals surface area (Å²) < 4.78 is 0.979. The van der Waals surface area contributed by atoms with Crippen molar-refractivity contribution in [3.05, 3.63) is 30.1 Å². The molecule has 1 N–H and O–H groups in total. The van der Waals surface area contributed by atoms with E-state index in [-0.39, 0.29) is 5.91 Å². The average Bonchev–Trinajstić information content (AvgIpc) is 2.41. The first kappa shape index (κ1) is 15.4. The summed E-state index contributed by atoms with van der Waals surface area (Å²) in [5.41, 5.74) is 0.832. The van der Waals surface area contributed by atoms with Crippen LogP contribution in [0.25, 0.3) is 0 Å². The number of likely N-dealkylation sites (N-methyl/N-ethyl adjacent to an activating group) is 1. The Hall–Kier alpha value is -1.62. The molecule has 1 aliphatic heterocycles. The van der Waals surface area contributed by atoms with Crippen LogP contribution < -0.4 is 4.73 Å². The van der Waals surface area contributed by atoms with E-state index in [9.17, 15) is 10.0 Å². The van der Waals surface area contributed by atoms with E-state index in [1.807, 2.05) is 24.8 Å². The third-order valence-electron chi connectivity index (χ3n) is 3.06. The predicted octanol–water partition coefficient (Wildman–Crippen LogP) is 0.554. The van der Waals surface area contributed by atoms with Crippen molar-refractivity contribution in [3.63, 3.8) is 0 Å². The minimum Gasteiger partial charge on any atom is -0.340 e. The van der Waals surface area contributed by atoms with Gasteiger partial charge in [-0.2, -0.15) is 0 Å². The second-order valence-electron chi connectivity index (χ2n) is 4.45. The molecule has 5 nitrogen and oxygen atoms in total. The fourth-order valence-electron chi connectivity index (χ4n) is 1.96. The Labute approximate surface area is 115 Å². The molecule has 19 heavy (non-hydrogen) atoms. The molecule has 1 aromatic heterocycles. The molecule has 0 saturated carbocycles. The van der Waals surface area contributed by atoms with Crippen molar-refractivity contribution in [1.82, 2.24) is 9.80 Å². The number of hydrogen-bond donors (Lipinski definition) is 1. The molecule has 0 radical (unpaired) electrons. The molecule has 1 amide bonds. The van der Waals surface area contributed by atoms with Crippen LogP contribution in [0.2, 0.25) is 0 Å². The number of aromatic nitrogens is 1. The summed E-state index contributed by atoms with van der Waals surface area (Å²) >= 11 is 0. The zero-order valence-corrected chi connectivity index (χ0v) is 12.0. The maximum Gasteiger partial charge on any atom is 0.227 e. The van der Waals surface area contributed by atoms with Gasteiger partial charge in [0.15, 0.2) is 0 Å². The molecule has 0 unspecified atom stereocenters. The van der Waals surface area contributed by atoms with E-state index in [0.29, 0.717) is 6.42 Å². The van der Waals surface area contributed by atoms with Crippen LogP contribution in [0, 0.1) is 0 Å². The van der Waals surface area contributed by atoms with Crippen molar-refractivity contribution in [1.29, 1.82) is 0 Å². The molecule has 0 spiro atoms. The zero-order chi connectivity index (χ0) is 14.3. The van der Waals surface area contributed by atoms with Gasteiger partial charge >= 0.3 is 0 Å². The lowest BCUT2D eigenvalue weighted by molar-refractivity contribution is -0.905. The second kappa shape index (κ2) is 7.74. The Balaban J connectivity index is 0.000000861. The molecule has 0 aromatic carbocycles. The van der Waals surface area contributed by atoms with Gasteiger partial charge in [0.25, 0.3) is 0 Å². The standard InChI is InChI=1S/C12H18N3O2.C2H6/c1-13-5-7-14(8-6-13)12(16)9-11-3-2-4-15(17)10-11;1-2/h2-4,10,17H,5-9H2,1H3;1-2H3/q+1;. The monoisotopic (exact) mass is 266 g/mol. The van der Waals surface area contributed by atoms with Crippen molar-refractivity contribution in [2.45, 2.75) is 20.3 Å².